The second-order valence-corrected chi connectivity index (χ2v) is 4.95. The lowest BCUT2D eigenvalue weighted by Gasteiger charge is -2.18. The fraction of sp³-hybridized carbons (Fsp3) is 0.714. The van der Waals surface area contributed by atoms with E-state index in [1.165, 1.54) is 0 Å². The zero-order valence-electron chi connectivity index (χ0n) is 12.7. The van der Waals surface area contributed by atoms with Gasteiger partial charge in [0.15, 0.2) is 0 Å². The molecule has 0 aliphatic rings. The van der Waals surface area contributed by atoms with Crippen molar-refractivity contribution in [2.75, 3.05) is 5.73 Å². The molecule has 0 saturated carbocycles. The van der Waals surface area contributed by atoms with Crippen molar-refractivity contribution in [1.82, 2.24) is 15.1 Å². The maximum atomic E-state index is 12.2. The number of rotatable bonds is 6. The molecule has 0 aromatic carbocycles. The smallest absolute Gasteiger partial charge is 0.244 e. The molecule has 0 radical (unpaired) electrons. The average molecular weight is 266 g/mol. The van der Waals surface area contributed by atoms with Crippen LogP contribution in [0.3, 0.4) is 0 Å². The number of nitrogens with zero attached hydrogens (tertiary/aromatic N) is 2. The number of carbonyl (C=O) groups is 1. The van der Waals surface area contributed by atoms with Crippen LogP contribution in [0.15, 0.2) is 0 Å². The molecule has 0 aliphatic carbocycles. The van der Waals surface area contributed by atoms with Crippen LogP contribution in [0.1, 0.15) is 58.5 Å². The van der Waals surface area contributed by atoms with E-state index in [2.05, 4.69) is 10.4 Å². The lowest BCUT2D eigenvalue weighted by Crippen LogP contribution is -2.37. The number of anilines is 1. The van der Waals surface area contributed by atoms with Crippen LogP contribution in [0.4, 0.5) is 5.69 Å². The second-order valence-electron chi connectivity index (χ2n) is 4.95. The number of nitrogens with two attached hydrogens (primary N) is 1. The first-order valence-electron chi connectivity index (χ1n) is 7.12. The number of carbonyl (C=O) groups excluding carboxylic acids is 1. The van der Waals surface area contributed by atoms with E-state index in [1.54, 1.807) is 4.68 Å². The van der Waals surface area contributed by atoms with E-state index in [9.17, 15) is 4.79 Å². The summed E-state index contributed by atoms with van der Waals surface area (Å²) in [6.45, 7) is 9.96. The number of amides is 1. The van der Waals surface area contributed by atoms with E-state index in [0.717, 1.165) is 36.3 Å². The molecule has 2 unspecified atom stereocenters. The number of nitrogens with one attached hydrogen (secondary N) is 1. The Morgan fingerprint density at radius 3 is 2.42 bits per heavy atom. The van der Waals surface area contributed by atoms with Gasteiger partial charge in [0.05, 0.1) is 17.1 Å². The SMILES string of the molecule is CCc1nn(C(C)C(=O)NC(C)CC)c(CC)c1N. The minimum Gasteiger partial charge on any atom is -0.396 e. The molecular weight excluding hydrogens is 240 g/mol. The Hall–Kier alpha value is -1.52. The summed E-state index contributed by atoms with van der Waals surface area (Å²) in [5.74, 6) is -0.00537. The van der Waals surface area contributed by atoms with Gasteiger partial charge in [-0.15, -0.1) is 0 Å². The largest absolute Gasteiger partial charge is 0.396 e. The van der Waals surface area contributed by atoms with E-state index < -0.39 is 0 Å². The molecule has 0 bridgehead atoms. The van der Waals surface area contributed by atoms with Gasteiger partial charge in [-0.1, -0.05) is 20.8 Å². The maximum Gasteiger partial charge on any atom is 0.244 e. The molecule has 0 aliphatic heterocycles. The predicted molar refractivity (Wildman–Crippen MR) is 78.0 cm³/mol. The minimum absolute atomic E-state index is 0.00537. The summed E-state index contributed by atoms with van der Waals surface area (Å²) in [7, 11) is 0. The van der Waals surface area contributed by atoms with Gasteiger partial charge in [-0.25, -0.2) is 0 Å². The van der Waals surface area contributed by atoms with Crippen molar-refractivity contribution in [3.05, 3.63) is 11.4 Å². The first-order chi connectivity index (χ1) is 8.96. The molecule has 19 heavy (non-hydrogen) atoms. The van der Waals surface area contributed by atoms with Gasteiger partial charge in [0, 0.05) is 6.04 Å². The molecule has 0 fully saturated rings. The Kier molecular flexibility index (Phi) is 5.39. The van der Waals surface area contributed by atoms with Crippen molar-refractivity contribution >= 4 is 11.6 Å². The zero-order valence-corrected chi connectivity index (χ0v) is 12.7. The van der Waals surface area contributed by atoms with Crippen molar-refractivity contribution in [2.45, 2.75) is 66.0 Å². The van der Waals surface area contributed by atoms with Crippen LogP contribution in [-0.2, 0) is 17.6 Å². The maximum absolute atomic E-state index is 12.2. The zero-order chi connectivity index (χ0) is 14.6. The van der Waals surface area contributed by atoms with Gasteiger partial charge in [-0.2, -0.15) is 5.10 Å². The standard InChI is InChI=1S/C14H26N4O/c1-6-9(4)16-14(19)10(5)18-12(8-3)13(15)11(7-2)17-18/h9-10H,6-8,15H2,1-5H3,(H,16,19). The van der Waals surface area contributed by atoms with Crippen LogP contribution in [0.25, 0.3) is 0 Å². The van der Waals surface area contributed by atoms with Gasteiger partial charge in [-0.05, 0) is 33.1 Å². The monoisotopic (exact) mass is 266 g/mol. The molecule has 5 nitrogen and oxygen atoms in total. The van der Waals surface area contributed by atoms with E-state index in [4.69, 9.17) is 5.73 Å². The normalized spacial score (nSPS) is 14.2. The lowest BCUT2D eigenvalue weighted by molar-refractivity contribution is -0.124. The first kappa shape index (κ1) is 15.5. The Morgan fingerprint density at radius 1 is 1.32 bits per heavy atom. The van der Waals surface area contributed by atoms with Crippen LogP contribution in [-0.4, -0.2) is 21.7 Å². The fourth-order valence-electron chi connectivity index (χ4n) is 2.04. The van der Waals surface area contributed by atoms with Crippen LogP contribution in [0.2, 0.25) is 0 Å². The molecule has 1 aromatic rings. The number of hydrogen-bond acceptors (Lipinski definition) is 3. The van der Waals surface area contributed by atoms with Crippen LogP contribution in [0.5, 0.6) is 0 Å². The Labute approximate surface area is 115 Å². The third-order valence-corrected chi connectivity index (χ3v) is 3.54. The highest BCUT2D eigenvalue weighted by Crippen LogP contribution is 2.22. The van der Waals surface area contributed by atoms with Gasteiger partial charge in [0.1, 0.15) is 6.04 Å². The molecular formula is C14H26N4O. The molecule has 0 spiro atoms. The highest BCUT2D eigenvalue weighted by molar-refractivity contribution is 5.80. The Bertz CT molecular complexity index is 439. The Morgan fingerprint density at radius 2 is 1.95 bits per heavy atom. The molecule has 1 heterocycles. The minimum atomic E-state index is -0.327. The summed E-state index contributed by atoms with van der Waals surface area (Å²) < 4.78 is 1.77. The molecule has 1 aromatic heterocycles. The van der Waals surface area contributed by atoms with E-state index >= 15 is 0 Å². The average Bonchev–Trinajstić information content (AvgIpc) is 2.73. The molecule has 1 amide bonds. The quantitative estimate of drug-likeness (QED) is 0.828. The highest BCUT2D eigenvalue weighted by Gasteiger charge is 2.22. The third kappa shape index (κ3) is 3.28. The van der Waals surface area contributed by atoms with Crippen LogP contribution < -0.4 is 11.1 Å². The number of hydrogen-bond donors (Lipinski definition) is 2. The summed E-state index contributed by atoms with van der Waals surface area (Å²) in [6.07, 6.45) is 2.48. The summed E-state index contributed by atoms with van der Waals surface area (Å²) >= 11 is 0. The summed E-state index contributed by atoms with van der Waals surface area (Å²) in [4.78, 5) is 12.2. The molecule has 108 valence electrons. The number of aryl methyl sites for hydroxylation is 1. The van der Waals surface area contributed by atoms with Gasteiger partial charge in [0.25, 0.3) is 0 Å². The molecule has 5 heteroatoms. The predicted octanol–water partition coefficient (Wildman–Crippen LogP) is 2.07. The molecule has 2 atom stereocenters. The summed E-state index contributed by atoms with van der Waals surface area (Å²) in [5.41, 5.74) is 8.63. The second kappa shape index (κ2) is 6.59. The van der Waals surface area contributed by atoms with Crippen molar-refractivity contribution in [3.8, 4) is 0 Å². The van der Waals surface area contributed by atoms with Gasteiger partial charge in [-0.3, -0.25) is 9.48 Å². The molecule has 1 rings (SSSR count). The van der Waals surface area contributed by atoms with Crippen molar-refractivity contribution < 1.29 is 4.79 Å². The first-order valence-corrected chi connectivity index (χ1v) is 7.12. The van der Waals surface area contributed by atoms with E-state index in [-0.39, 0.29) is 18.0 Å². The topological polar surface area (TPSA) is 72.9 Å². The highest BCUT2D eigenvalue weighted by atomic mass is 16.2. The fourth-order valence-corrected chi connectivity index (χ4v) is 2.04. The molecule has 3 N–H and O–H groups in total. The number of aromatic nitrogens is 2. The summed E-state index contributed by atoms with van der Waals surface area (Å²) in [6, 6.07) is -0.148. The van der Waals surface area contributed by atoms with Gasteiger partial charge in [0.2, 0.25) is 5.91 Å². The lowest BCUT2D eigenvalue weighted by atomic mass is 10.2. The number of nitrogen functional groups attached to an aromatic ring is 1. The van der Waals surface area contributed by atoms with E-state index in [1.807, 2.05) is 34.6 Å². The van der Waals surface area contributed by atoms with Gasteiger partial charge >= 0.3 is 0 Å². The van der Waals surface area contributed by atoms with Crippen molar-refractivity contribution in [2.24, 2.45) is 0 Å². The third-order valence-electron chi connectivity index (χ3n) is 3.54. The Balaban J connectivity index is 2.98. The molecule has 0 saturated heterocycles. The van der Waals surface area contributed by atoms with Crippen LogP contribution >= 0.6 is 0 Å². The van der Waals surface area contributed by atoms with Gasteiger partial charge < -0.3 is 11.1 Å². The van der Waals surface area contributed by atoms with Crippen molar-refractivity contribution in [1.29, 1.82) is 0 Å². The van der Waals surface area contributed by atoms with Crippen LogP contribution in [0, 0.1) is 0 Å². The summed E-state index contributed by atoms with van der Waals surface area (Å²) in [5, 5.41) is 7.47. The van der Waals surface area contributed by atoms with Crippen molar-refractivity contribution in [3.63, 3.8) is 0 Å². The van der Waals surface area contributed by atoms with E-state index in [0.29, 0.717) is 0 Å².